The fourth-order valence-electron chi connectivity index (χ4n) is 0.874. The Morgan fingerprint density at radius 1 is 1.45 bits per heavy atom. The Hall–Kier alpha value is -1.49. The molecule has 56 valence electrons. The lowest BCUT2D eigenvalue weighted by Gasteiger charge is -2.11. The van der Waals surface area contributed by atoms with Crippen molar-refractivity contribution in [1.82, 2.24) is 0 Å². The van der Waals surface area contributed by atoms with Gasteiger partial charge in [-0.2, -0.15) is 5.26 Å². The SMILES string of the molecule is N#CCCC([O-])=C1C=CC=C1. The highest BCUT2D eigenvalue weighted by Crippen LogP contribution is 2.12. The van der Waals surface area contributed by atoms with Crippen LogP contribution in [0.4, 0.5) is 0 Å². The van der Waals surface area contributed by atoms with Crippen molar-refractivity contribution in [1.29, 1.82) is 5.26 Å². The second-order valence-electron chi connectivity index (χ2n) is 2.25. The second-order valence-corrected chi connectivity index (χ2v) is 2.25. The molecule has 0 fully saturated rings. The molecule has 1 aliphatic carbocycles. The molecule has 0 saturated carbocycles. The lowest BCUT2D eigenvalue weighted by atomic mass is 10.2. The molecule has 2 heteroatoms. The summed E-state index contributed by atoms with van der Waals surface area (Å²) in [4.78, 5) is 0. The van der Waals surface area contributed by atoms with Gasteiger partial charge in [0, 0.05) is 6.42 Å². The van der Waals surface area contributed by atoms with Gasteiger partial charge in [-0.3, -0.25) is 0 Å². The lowest BCUT2D eigenvalue weighted by Crippen LogP contribution is -2.05. The zero-order valence-corrected chi connectivity index (χ0v) is 6.08. The summed E-state index contributed by atoms with van der Waals surface area (Å²) < 4.78 is 0. The predicted octanol–water partition coefficient (Wildman–Crippen LogP) is 1.03. The van der Waals surface area contributed by atoms with E-state index in [1.807, 2.05) is 18.2 Å². The van der Waals surface area contributed by atoms with Crippen LogP contribution in [0.3, 0.4) is 0 Å². The molecular weight excluding hydrogens is 138 g/mol. The van der Waals surface area contributed by atoms with Crippen molar-refractivity contribution in [3.63, 3.8) is 0 Å². The normalized spacial score (nSPS) is 13.5. The Balaban J connectivity index is 2.58. The standard InChI is InChI=1S/C9H9NO/c10-7-3-6-9(11)8-4-1-2-5-8/h1-2,4-5,11H,3,6H2/p-1. The van der Waals surface area contributed by atoms with Crippen LogP contribution in [-0.4, -0.2) is 0 Å². The van der Waals surface area contributed by atoms with Gasteiger partial charge in [0.25, 0.3) is 0 Å². The third-order valence-corrected chi connectivity index (χ3v) is 1.45. The highest BCUT2D eigenvalue weighted by Gasteiger charge is 1.93. The van der Waals surface area contributed by atoms with Crippen LogP contribution in [-0.2, 0) is 0 Å². The summed E-state index contributed by atoms with van der Waals surface area (Å²) >= 11 is 0. The van der Waals surface area contributed by atoms with Crippen LogP contribution in [0.15, 0.2) is 35.6 Å². The molecule has 0 unspecified atom stereocenters. The van der Waals surface area contributed by atoms with Crippen LogP contribution in [0, 0.1) is 11.3 Å². The van der Waals surface area contributed by atoms with Gasteiger partial charge in [0.05, 0.1) is 6.07 Å². The summed E-state index contributed by atoms with van der Waals surface area (Å²) in [6.07, 6.45) is 7.81. The molecule has 0 bridgehead atoms. The quantitative estimate of drug-likeness (QED) is 0.546. The number of hydrogen-bond acceptors (Lipinski definition) is 2. The summed E-state index contributed by atoms with van der Waals surface area (Å²) in [7, 11) is 0. The van der Waals surface area contributed by atoms with Crippen molar-refractivity contribution < 1.29 is 5.11 Å². The van der Waals surface area contributed by atoms with Gasteiger partial charge in [0.2, 0.25) is 0 Å². The van der Waals surface area contributed by atoms with Gasteiger partial charge in [0.15, 0.2) is 0 Å². The number of rotatable bonds is 2. The van der Waals surface area contributed by atoms with E-state index in [2.05, 4.69) is 0 Å². The fraction of sp³-hybridized carbons (Fsp3) is 0.222. The van der Waals surface area contributed by atoms with Crippen molar-refractivity contribution in [3.8, 4) is 6.07 Å². The van der Waals surface area contributed by atoms with Crippen LogP contribution >= 0.6 is 0 Å². The third kappa shape index (κ3) is 1.98. The molecule has 1 rings (SSSR count). The van der Waals surface area contributed by atoms with Gasteiger partial charge in [0.1, 0.15) is 0 Å². The molecule has 2 nitrogen and oxygen atoms in total. The van der Waals surface area contributed by atoms with Crippen LogP contribution in [0.1, 0.15) is 12.8 Å². The van der Waals surface area contributed by atoms with Gasteiger partial charge >= 0.3 is 0 Å². The van der Waals surface area contributed by atoms with E-state index in [1.54, 1.807) is 12.2 Å². The first kappa shape index (κ1) is 7.62. The zero-order valence-electron chi connectivity index (χ0n) is 6.08. The van der Waals surface area contributed by atoms with E-state index in [0.717, 1.165) is 0 Å². The topological polar surface area (TPSA) is 46.8 Å². The molecular formula is C9H8NO-. The number of nitriles is 1. The van der Waals surface area contributed by atoms with Crippen LogP contribution in [0.5, 0.6) is 0 Å². The first-order valence-electron chi connectivity index (χ1n) is 3.46. The van der Waals surface area contributed by atoms with E-state index >= 15 is 0 Å². The van der Waals surface area contributed by atoms with Crippen molar-refractivity contribution in [2.24, 2.45) is 0 Å². The zero-order chi connectivity index (χ0) is 8.10. The van der Waals surface area contributed by atoms with E-state index in [1.165, 1.54) is 0 Å². The molecule has 0 heterocycles. The minimum absolute atomic E-state index is 0.0524. The third-order valence-electron chi connectivity index (χ3n) is 1.45. The largest absolute Gasteiger partial charge is 0.875 e. The maximum Gasteiger partial charge on any atom is 0.0624 e. The Bertz CT molecular complexity index is 252. The van der Waals surface area contributed by atoms with Crippen molar-refractivity contribution in [2.45, 2.75) is 12.8 Å². The number of allylic oxidation sites excluding steroid dienone is 6. The molecule has 0 saturated heterocycles. The first-order chi connectivity index (χ1) is 5.34. The summed E-state index contributed by atoms with van der Waals surface area (Å²) in [5, 5.41) is 19.3. The smallest absolute Gasteiger partial charge is 0.0624 e. The average molecular weight is 146 g/mol. The Morgan fingerprint density at radius 3 is 2.64 bits per heavy atom. The van der Waals surface area contributed by atoms with E-state index in [-0.39, 0.29) is 5.76 Å². The van der Waals surface area contributed by atoms with E-state index in [9.17, 15) is 5.11 Å². The van der Waals surface area contributed by atoms with Crippen molar-refractivity contribution in [3.05, 3.63) is 35.6 Å². The Labute approximate surface area is 65.8 Å². The maximum absolute atomic E-state index is 11.1. The summed E-state index contributed by atoms with van der Waals surface area (Å²) in [6.45, 7) is 0. The summed E-state index contributed by atoms with van der Waals surface area (Å²) in [5.41, 5.74) is 0.709. The molecule has 0 amide bonds. The lowest BCUT2D eigenvalue weighted by molar-refractivity contribution is -0.307. The first-order valence-corrected chi connectivity index (χ1v) is 3.46. The highest BCUT2D eigenvalue weighted by atomic mass is 16.3. The fourth-order valence-corrected chi connectivity index (χ4v) is 0.874. The second kappa shape index (κ2) is 3.62. The summed E-state index contributed by atoms with van der Waals surface area (Å²) in [6, 6.07) is 1.94. The molecule has 0 aliphatic heterocycles. The predicted molar refractivity (Wildman–Crippen MR) is 40.2 cm³/mol. The van der Waals surface area contributed by atoms with Gasteiger partial charge in [-0.25, -0.2) is 0 Å². The molecule has 11 heavy (non-hydrogen) atoms. The molecule has 0 radical (unpaired) electrons. The monoisotopic (exact) mass is 146 g/mol. The minimum atomic E-state index is 0.0524. The van der Waals surface area contributed by atoms with E-state index < -0.39 is 0 Å². The van der Waals surface area contributed by atoms with E-state index in [4.69, 9.17) is 5.26 Å². The van der Waals surface area contributed by atoms with Gasteiger partial charge < -0.3 is 5.11 Å². The van der Waals surface area contributed by atoms with E-state index in [0.29, 0.717) is 18.4 Å². The van der Waals surface area contributed by atoms with Gasteiger partial charge in [-0.1, -0.05) is 24.3 Å². The highest BCUT2D eigenvalue weighted by molar-refractivity contribution is 5.41. The summed E-state index contributed by atoms with van der Waals surface area (Å²) in [5.74, 6) is 0.0524. The number of nitrogens with zero attached hydrogens (tertiary/aromatic N) is 1. The maximum atomic E-state index is 11.1. The Kier molecular flexibility index (Phi) is 2.51. The van der Waals surface area contributed by atoms with Crippen molar-refractivity contribution in [2.75, 3.05) is 0 Å². The average Bonchev–Trinajstić information content (AvgIpc) is 2.52. The molecule has 0 aromatic carbocycles. The molecule has 0 N–H and O–H groups in total. The number of hydrogen-bond donors (Lipinski definition) is 0. The molecule has 0 aromatic rings. The van der Waals surface area contributed by atoms with Crippen LogP contribution < -0.4 is 5.11 Å². The molecule has 1 aliphatic rings. The minimum Gasteiger partial charge on any atom is -0.875 e. The van der Waals surface area contributed by atoms with Gasteiger partial charge in [-0.15, -0.1) is 5.76 Å². The van der Waals surface area contributed by atoms with Gasteiger partial charge in [-0.05, 0) is 12.0 Å². The van der Waals surface area contributed by atoms with Crippen molar-refractivity contribution >= 4 is 0 Å². The molecule has 0 spiro atoms. The van der Waals surface area contributed by atoms with Crippen LogP contribution in [0.2, 0.25) is 0 Å². The molecule has 0 aromatic heterocycles. The van der Waals surface area contributed by atoms with Crippen LogP contribution in [0.25, 0.3) is 0 Å². The molecule has 0 atom stereocenters. The Morgan fingerprint density at radius 2 is 2.09 bits per heavy atom.